The Hall–Kier alpha value is 0.320. The molecular formula is C5H7IN2S. The fourth-order valence-electron chi connectivity index (χ4n) is 0.526. The van der Waals surface area contributed by atoms with Crippen LogP contribution in [-0.2, 0) is 0 Å². The summed E-state index contributed by atoms with van der Waals surface area (Å²) in [6.45, 7) is 0. The Labute approximate surface area is 71.9 Å². The summed E-state index contributed by atoms with van der Waals surface area (Å²) in [4.78, 5) is 0. The van der Waals surface area contributed by atoms with Crippen molar-refractivity contribution in [3.05, 3.63) is 23.3 Å². The highest BCUT2D eigenvalue weighted by atomic mass is 127. The third-order valence-electron chi connectivity index (χ3n) is 0.873. The second-order valence-corrected chi connectivity index (χ2v) is 5.46. The maximum absolute atomic E-state index is 5.71. The van der Waals surface area contributed by atoms with Crippen molar-refractivity contribution in [3.8, 4) is 0 Å². The van der Waals surface area contributed by atoms with Crippen molar-refractivity contribution in [3.63, 3.8) is 0 Å². The largest absolute Gasteiger partial charge is 0.399 e. The highest BCUT2D eigenvalue weighted by molar-refractivity contribution is 14.1. The van der Waals surface area contributed by atoms with Crippen LogP contribution in [0.1, 0.15) is 0 Å². The average Bonchev–Trinajstić information content (AvgIpc) is 1.60. The van der Waals surface area contributed by atoms with E-state index in [-0.39, 0.29) is 2.88 Å². The van der Waals surface area contributed by atoms with Crippen molar-refractivity contribution in [2.75, 3.05) is 0 Å². The van der Waals surface area contributed by atoms with Crippen LogP contribution < -0.4 is 11.5 Å². The quantitative estimate of drug-likeness (QED) is 0.387. The topological polar surface area (TPSA) is 52.0 Å². The monoisotopic (exact) mass is 254 g/mol. The van der Waals surface area contributed by atoms with E-state index in [9.17, 15) is 0 Å². The summed E-state index contributed by atoms with van der Waals surface area (Å²) in [6, 6.07) is 0. The van der Waals surface area contributed by atoms with Crippen LogP contribution in [0.2, 0.25) is 0 Å². The molecule has 0 aromatic rings. The molecule has 0 aliphatic carbocycles. The first-order valence-corrected chi connectivity index (χ1v) is 4.36. The summed E-state index contributed by atoms with van der Waals surface area (Å²) >= 11 is 3.69. The van der Waals surface area contributed by atoms with Crippen LogP contribution in [0, 0.1) is 0 Å². The lowest BCUT2D eigenvalue weighted by atomic mass is 10.4. The zero-order valence-electron chi connectivity index (χ0n) is 4.67. The van der Waals surface area contributed by atoms with E-state index in [1.54, 1.807) is 11.8 Å². The van der Waals surface area contributed by atoms with Crippen LogP contribution >= 0.6 is 34.4 Å². The van der Waals surface area contributed by atoms with E-state index in [1.165, 1.54) is 0 Å². The number of rotatable bonds is 0. The molecule has 1 rings (SSSR count). The minimum atomic E-state index is -0.337. The summed E-state index contributed by atoms with van der Waals surface area (Å²) in [5.74, 6) is 0. The summed E-state index contributed by atoms with van der Waals surface area (Å²) in [5.41, 5.74) is 11.9. The maximum atomic E-state index is 5.71. The summed E-state index contributed by atoms with van der Waals surface area (Å²) < 4.78 is -0.337. The first-order valence-electron chi connectivity index (χ1n) is 2.41. The minimum Gasteiger partial charge on any atom is -0.399 e. The molecule has 0 bridgehead atoms. The van der Waals surface area contributed by atoms with Crippen LogP contribution in [0.15, 0.2) is 23.3 Å². The molecule has 0 fully saturated rings. The third-order valence-corrected chi connectivity index (χ3v) is 2.70. The molecule has 0 amide bonds. The van der Waals surface area contributed by atoms with Gasteiger partial charge in [0.1, 0.15) is 2.88 Å². The summed E-state index contributed by atoms with van der Waals surface area (Å²) in [6.07, 6.45) is 3.67. The van der Waals surface area contributed by atoms with E-state index < -0.39 is 0 Å². The van der Waals surface area contributed by atoms with Crippen molar-refractivity contribution in [1.29, 1.82) is 0 Å². The Bertz CT molecular complexity index is 174. The van der Waals surface area contributed by atoms with E-state index in [4.69, 9.17) is 11.5 Å². The molecule has 1 unspecified atom stereocenters. The van der Waals surface area contributed by atoms with Crippen LogP contribution in [0.25, 0.3) is 0 Å². The summed E-state index contributed by atoms with van der Waals surface area (Å²) in [5, 5.41) is 1.90. The average molecular weight is 254 g/mol. The second-order valence-electron chi connectivity index (χ2n) is 1.76. The van der Waals surface area contributed by atoms with Crippen LogP contribution in [0.3, 0.4) is 0 Å². The SMILES string of the molecule is NC1=CC(N)(I)SC=C1. The number of thioether (sulfide) groups is 1. The fourth-order valence-corrected chi connectivity index (χ4v) is 1.96. The lowest BCUT2D eigenvalue weighted by Gasteiger charge is -2.18. The third kappa shape index (κ3) is 2.19. The Morgan fingerprint density at radius 2 is 2.33 bits per heavy atom. The van der Waals surface area contributed by atoms with Crippen molar-refractivity contribution in [2.24, 2.45) is 11.5 Å². The zero-order chi connectivity index (χ0) is 6.91. The van der Waals surface area contributed by atoms with Gasteiger partial charge in [-0.3, -0.25) is 0 Å². The van der Waals surface area contributed by atoms with Crippen molar-refractivity contribution >= 4 is 34.4 Å². The van der Waals surface area contributed by atoms with E-state index >= 15 is 0 Å². The van der Waals surface area contributed by atoms with Crippen LogP contribution in [0.5, 0.6) is 0 Å². The van der Waals surface area contributed by atoms with Gasteiger partial charge in [-0.05, 0) is 40.2 Å². The van der Waals surface area contributed by atoms with Gasteiger partial charge in [0.25, 0.3) is 0 Å². The van der Waals surface area contributed by atoms with Gasteiger partial charge < -0.3 is 11.5 Å². The molecule has 0 aromatic heterocycles. The minimum absolute atomic E-state index is 0.337. The first-order chi connectivity index (χ1) is 4.10. The highest BCUT2D eigenvalue weighted by Crippen LogP contribution is 2.33. The molecule has 0 saturated heterocycles. The standard InChI is InChI=1S/C5H7IN2S/c6-5(8)3-4(7)1-2-9-5/h1-3H,7-8H2. The molecular weight excluding hydrogens is 247 g/mol. The molecule has 1 atom stereocenters. The Balaban J connectivity index is 2.78. The Kier molecular flexibility index (Phi) is 2.07. The molecule has 50 valence electrons. The molecule has 1 aliphatic rings. The first kappa shape index (κ1) is 7.43. The van der Waals surface area contributed by atoms with Crippen molar-refractivity contribution in [2.45, 2.75) is 2.88 Å². The van der Waals surface area contributed by atoms with Crippen LogP contribution in [0.4, 0.5) is 0 Å². The molecule has 9 heavy (non-hydrogen) atoms. The predicted octanol–water partition coefficient (Wildman–Crippen LogP) is 1.14. The van der Waals surface area contributed by atoms with Gasteiger partial charge in [0.15, 0.2) is 0 Å². The van der Waals surface area contributed by atoms with Crippen molar-refractivity contribution in [1.82, 2.24) is 0 Å². The van der Waals surface area contributed by atoms with Gasteiger partial charge in [0, 0.05) is 5.70 Å². The zero-order valence-corrected chi connectivity index (χ0v) is 7.65. The van der Waals surface area contributed by atoms with Gasteiger partial charge in [-0.2, -0.15) is 0 Å². The lowest BCUT2D eigenvalue weighted by molar-refractivity contribution is 1.10. The molecule has 1 heterocycles. The highest BCUT2D eigenvalue weighted by Gasteiger charge is 2.18. The molecule has 0 aromatic carbocycles. The summed E-state index contributed by atoms with van der Waals surface area (Å²) in [7, 11) is 0. The number of allylic oxidation sites excluding steroid dienone is 1. The van der Waals surface area contributed by atoms with Gasteiger partial charge >= 0.3 is 0 Å². The van der Waals surface area contributed by atoms with E-state index in [0.29, 0.717) is 0 Å². The van der Waals surface area contributed by atoms with Gasteiger partial charge in [0.2, 0.25) is 0 Å². The van der Waals surface area contributed by atoms with E-state index in [0.717, 1.165) is 5.70 Å². The van der Waals surface area contributed by atoms with Gasteiger partial charge in [0.05, 0.1) is 0 Å². The maximum Gasteiger partial charge on any atom is 0.139 e. The number of halogens is 1. The number of hydrogen-bond donors (Lipinski definition) is 2. The predicted molar refractivity (Wildman–Crippen MR) is 49.9 cm³/mol. The van der Waals surface area contributed by atoms with E-state index in [2.05, 4.69) is 22.6 Å². The lowest BCUT2D eigenvalue weighted by Crippen LogP contribution is -2.27. The number of nitrogens with two attached hydrogens (primary N) is 2. The molecule has 0 spiro atoms. The molecule has 2 nitrogen and oxygen atoms in total. The molecule has 0 radical (unpaired) electrons. The normalized spacial score (nSPS) is 34.2. The molecule has 4 N–H and O–H groups in total. The van der Waals surface area contributed by atoms with Gasteiger partial charge in [-0.15, -0.1) is 0 Å². The molecule has 0 saturated carbocycles. The van der Waals surface area contributed by atoms with Gasteiger partial charge in [-0.25, -0.2) is 0 Å². The fraction of sp³-hybridized carbons (Fsp3) is 0.200. The molecule has 1 aliphatic heterocycles. The number of alkyl halides is 1. The second kappa shape index (κ2) is 2.51. The number of hydrogen-bond acceptors (Lipinski definition) is 3. The van der Waals surface area contributed by atoms with Crippen molar-refractivity contribution < 1.29 is 0 Å². The molecule has 4 heteroatoms. The van der Waals surface area contributed by atoms with Gasteiger partial charge in [-0.1, -0.05) is 11.8 Å². The Morgan fingerprint density at radius 3 is 2.67 bits per heavy atom. The van der Waals surface area contributed by atoms with E-state index in [1.807, 2.05) is 17.6 Å². The van der Waals surface area contributed by atoms with Crippen LogP contribution in [-0.4, -0.2) is 2.88 Å². The Morgan fingerprint density at radius 1 is 1.67 bits per heavy atom. The smallest absolute Gasteiger partial charge is 0.139 e.